The molecule has 164 valence electrons. The number of ether oxygens (including phenoxy) is 2. The number of benzene rings is 4. The quantitative estimate of drug-likeness (QED) is 0.196. The lowest BCUT2D eigenvalue weighted by atomic mass is 10.0. The van der Waals surface area contributed by atoms with Gasteiger partial charge in [0.25, 0.3) is 5.91 Å². The number of fused-ring (bicyclic) bond motifs is 1. The van der Waals surface area contributed by atoms with Gasteiger partial charge in [-0.1, -0.05) is 48.0 Å². The number of hydrogen-bond acceptors (Lipinski definition) is 5. The van der Waals surface area contributed by atoms with E-state index in [0.717, 1.165) is 16.3 Å². The van der Waals surface area contributed by atoms with Crippen molar-refractivity contribution < 1.29 is 19.1 Å². The third-order valence-corrected chi connectivity index (χ3v) is 5.10. The third-order valence-electron chi connectivity index (χ3n) is 5.10. The summed E-state index contributed by atoms with van der Waals surface area (Å²) in [7, 11) is 1.56. The zero-order valence-corrected chi connectivity index (χ0v) is 18.2. The molecule has 0 fully saturated rings. The number of nitrogens with zero attached hydrogens (tertiary/aromatic N) is 1. The number of methoxy groups -OCH3 is 1. The molecule has 0 radical (unpaired) electrons. The van der Waals surface area contributed by atoms with Crippen LogP contribution in [0.3, 0.4) is 0 Å². The van der Waals surface area contributed by atoms with E-state index in [1.165, 1.54) is 6.21 Å². The minimum atomic E-state index is -0.508. The van der Waals surface area contributed by atoms with Crippen molar-refractivity contribution in [1.29, 1.82) is 0 Å². The molecule has 0 unspecified atom stereocenters. The minimum Gasteiger partial charge on any atom is -0.497 e. The van der Waals surface area contributed by atoms with Gasteiger partial charge < -0.3 is 9.47 Å². The van der Waals surface area contributed by atoms with Crippen molar-refractivity contribution in [3.05, 3.63) is 107 Å². The summed E-state index contributed by atoms with van der Waals surface area (Å²) >= 11 is 0. The maximum atomic E-state index is 12.7. The predicted molar refractivity (Wildman–Crippen MR) is 128 cm³/mol. The number of nitrogens with one attached hydrogen (secondary N) is 1. The number of aryl methyl sites for hydroxylation is 1. The third kappa shape index (κ3) is 5.07. The average molecular weight is 438 g/mol. The van der Waals surface area contributed by atoms with Gasteiger partial charge in [-0.15, -0.1) is 0 Å². The van der Waals surface area contributed by atoms with Gasteiger partial charge in [0.05, 0.1) is 18.9 Å². The highest BCUT2D eigenvalue weighted by Crippen LogP contribution is 2.27. The van der Waals surface area contributed by atoms with E-state index in [9.17, 15) is 9.59 Å². The van der Waals surface area contributed by atoms with Crippen LogP contribution >= 0.6 is 0 Å². The topological polar surface area (TPSA) is 77.0 Å². The Morgan fingerprint density at radius 1 is 0.879 bits per heavy atom. The van der Waals surface area contributed by atoms with E-state index < -0.39 is 5.97 Å². The summed E-state index contributed by atoms with van der Waals surface area (Å²) in [6, 6.07) is 25.2. The Morgan fingerprint density at radius 2 is 1.67 bits per heavy atom. The molecule has 0 heterocycles. The molecule has 1 amide bonds. The first-order valence-electron chi connectivity index (χ1n) is 10.3. The summed E-state index contributed by atoms with van der Waals surface area (Å²) in [6.45, 7) is 1.92. The van der Waals surface area contributed by atoms with Crippen LogP contribution in [0.15, 0.2) is 90.0 Å². The van der Waals surface area contributed by atoms with E-state index >= 15 is 0 Å². The smallest absolute Gasteiger partial charge is 0.343 e. The van der Waals surface area contributed by atoms with Crippen molar-refractivity contribution in [2.24, 2.45) is 5.10 Å². The van der Waals surface area contributed by atoms with Crippen molar-refractivity contribution in [2.45, 2.75) is 6.92 Å². The summed E-state index contributed by atoms with van der Waals surface area (Å²) in [5.41, 5.74) is 5.00. The molecule has 0 aliphatic carbocycles. The Hall–Kier alpha value is -4.45. The van der Waals surface area contributed by atoms with Crippen LogP contribution in [-0.2, 0) is 0 Å². The second-order valence-electron chi connectivity index (χ2n) is 7.39. The van der Waals surface area contributed by atoms with Crippen LogP contribution in [-0.4, -0.2) is 25.2 Å². The Morgan fingerprint density at radius 3 is 2.42 bits per heavy atom. The van der Waals surface area contributed by atoms with Crippen LogP contribution in [0.2, 0.25) is 0 Å². The van der Waals surface area contributed by atoms with Crippen LogP contribution in [0, 0.1) is 6.92 Å². The molecule has 4 aromatic rings. The molecule has 6 nitrogen and oxygen atoms in total. The van der Waals surface area contributed by atoms with Gasteiger partial charge in [-0.3, -0.25) is 4.79 Å². The number of rotatable bonds is 6. The van der Waals surface area contributed by atoms with Crippen molar-refractivity contribution in [1.82, 2.24) is 5.43 Å². The van der Waals surface area contributed by atoms with Gasteiger partial charge in [-0.2, -0.15) is 5.10 Å². The zero-order chi connectivity index (χ0) is 23.2. The second-order valence-corrected chi connectivity index (χ2v) is 7.39. The van der Waals surface area contributed by atoms with Crippen molar-refractivity contribution in [3.63, 3.8) is 0 Å². The van der Waals surface area contributed by atoms with Crippen LogP contribution in [0.25, 0.3) is 10.8 Å². The zero-order valence-electron chi connectivity index (χ0n) is 18.2. The van der Waals surface area contributed by atoms with Gasteiger partial charge in [0.15, 0.2) is 0 Å². The molecule has 4 aromatic carbocycles. The first kappa shape index (κ1) is 21.8. The molecule has 0 saturated carbocycles. The number of amides is 1. The van der Waals surface area contributed by atoms with E-state index in [-0.39, 0.29) is 5.91 Å². The summed E-state index contributed by atoms with van der Waals surface area (Å²) in [5.74, 6) is 0.149. The molecule has 33 heavy (non-hydrogen) atoms. The van der Waals surface area contributed by atoms with Gasteiger partial charge in [0, 0.05) is 11.1 Å². The van der Waals surface area contributed by atoms with E-state index in [0.29, 0.717) is 28.2 Å². The van der Waals surface area contributed by atoms with Gasteiger partial charge in [-0.25, -0.2) is 10.2 Å². The lowest BCUT2D eigenvalue weighted by Gasteiger charge is -2.11. The maximum absolute atomic E-state index is 12.7. The van der Waals surface area contributed by atoms with E-state index in [1.54, 1.807) is 49.6 Å². The fourth-order valence-corrected chi connectivity index (χ4v) is 3.39. The molecule has 1 N–H and O–H groups in total. The molecule has 0 aliphatic rings. The van der Waals surface area contributed by atoms with Gasteiger partial charge in [0.2, 0.25) is 0 Å². The first-order chi connectivity index (χ1) is 16.0. The predicted octanol–water partition coefficient (Wildman–Crippen LogP) is 5.14. The number of hydrogen-bond donors (Lipinski definition) is 1. The molecule has 0 bridgehead atoms. The highest BCUT2D eigenvalue weighted by Gasteiger charge is 2.14. The summed E-state index contributed by atoms with van der Waals surface area (Å²) in [6.07, 6.45) is 1.49. The monoisotopic (exact) mass is 438 g/mol. The first-order valence-corrected chi connectivity index (χ1v) is 10.3. The van der Waals surface area contributed by atoms with Gasteiger partial charge in [0.1, 0.15) is 11.5 Å². The molecule has 4 rings (SSSR count). The van der Waals surface area contributed by atoms with Crippen LogP contribution in [0.4, 0.5) is 0 Å². The summed E-state index contributed by atoms with van der Waals surface area (Å²) < 4.78 is 10.8. The average Bonchev–Trinajstić information content (AvgIpc) is 2.85. The minimum absolute atomic E-state index is 0.327. The van der Waals surface area contributed by atoms with Crippen LogP contribution < -0.4 is 14.9 Å². The summed E-state index contributed by atoms with van der Waals surface area (Å²) in [5, 5.41) is 5.92. The van der Waals surface area contributed by atoms with E-state index in [4.69, 9.17) is 9.47 Å². The van der Waals surface area contributed by atoms with Crippen LogP contribution in [0.5, 0.6) is 11.5 Å². The molecule has 0 saturated heterocycles. The van der Waals surface area contributed by atoms with E-state index in [2.05, 4.69) is 10.5 Å². The lowest BCUT2D eigenvalue weighted by Crippen LogP contribution is -2.18. The van der Waals surface area contributed by atoms with Crippen molar-refractivity contribution >= 4 is 28.9 Å². The highest BCUT2D eigenvalue weighted by molar-refractivity contribution is 6.04. The van der Waals surface area contributed by atoms with Gasteiger partial charge in [-0.05, 0) is 60.2 Å². The Labute approximate surface area is 191 Å². The molecule has 0 aromatic heterocycles. The van der Waals surface area contributed by atoms with Crippen molar-refractivity contribution in [2.75, 3.05) is 7.11 Å². The number of hydrazone groups is 1. The van der Waals surface area contributed by atoms with E-state index in [1.807, 2.05) is 49.4 Å². The molecular weight excluding hydrogens is 416 g/mol. The Bertz CT molecular complexity index is 1340. The van der Waals surface area contributed by atoms with Gasteiger partial charge >= 0.3 is 5.97 Å². The van der Waals surface area contributed by atoms with Crippen LogP contribution in [0.1, 0.15) is 31.8 Å². The maximum Gasteiger partial charge on any atom is 0.343 e. The molecule has 0 aliphatic heterocycles. The Balaban J connectivity index is 1.61. The fraction of sp³-hybridized carbons (Fsp3) is 0.0741. The highest BCUT2D eigenvalue weighted by atomic mass is 16.5. The molecular formula is C27H22N2O4. The number of carbonyl (C=O) groups excluding carboxylic acids is 2. The number of esters is 1. The van der Waals surface area contributed by atoms with Crippen molar-refractivity contribution in [3.8, 4) is 11.5 Å². The second kappa shape index (κ2) is 9.78. The summed E-state index contributed by atoms with van der Waals surface area (Å²) in [4.78, 5) is 25.2. The fourth-order valence-electron chi connectivity index (χ4n) is 3.39. The largest absolute Gasteiger partial charge is 0.497 e. The SMILES string of the molecule is COc1ccc(C(=O)Oc2ccc3ccccc3c2C=NNC(=O)c2cccc(C)c2)cc1. The molecule has 0 spiro atoms. The number of carbonyl (C=O) groups is 2. The molecule has 6 heteroatoms. The molecule has 0 atom stereocenters. The standard InChI is InChI=1S/C27H22N2O4/c1-18-6-5-8-21(16-18)26(30)29-28-17-24-23-9-4-3-7-19(23)12-15-25(24)33-27(31)20-10-13-22(32-2)14-11-20/h3-17H,1-2H3,(H,29,30). The normalized spacial score (nSPS) is 10.8. The Kier molecular flexibility index (Phi) is 6.45. The lowest BCUT2D eigenvalue weighted by molar-refractivity contribution is 0.0734.